The van der Waals surface area contributed by atoms with E-state index in [4.69, 9.17) is 0 Å². The van der Waals surface area contributed by atoms with E-state index in [1.807, 2.05) is 17.9 Å². The SMILES string of the molecule is CCC1(C)CN(CCc2ccnn2C)C(C2CC2)CN1. The highest BCUT2D eigenvalue weighted by Crippen LogP contribution is 2.37. The highest BCUT2D eigenvalue weighted by molar-refractivity contribution is 5.03. The average Bonchev–Trinajstić information content (AvgIpc) is 3.20. The Labute approximate surface area is 122 Å². The largest absolute Gasteiger partial charge is 0.309 e. The molecule has 4 heteroatoms. The highest BCUT2D eigenvalue weighted by Gasteiger charge is 2.41. The highest BCUT2D eigenvalue weighted by atomic mass is 15.3. The van der Waals surface area contributed by atoms with Crippen LogP contribution in [0.25, 0.3) is 0 Å². The number of hydrogen-bond acceptors (Lipinski definition) is 3. The number of aromatic nitrogens is 2. The number of rotatable bonds is 5. The van der Waals surface area contributed by atoms with E-state index < -0.39 is 0 Å². The molecule has 1 saturated carbocycles. The van der Waals surface area contributed by atoms with Gasteiger partial charge in [-0.25, -0.2) is 0 Å². The third-order valence-corrected chi connectivity index (χ3v) is 5.28. The zero-order valence-corrected chi connectivity index (χ0v) is 13.1. The molecule has 1 aliphatic carbocycles. The molecule has 0 bridgehead atoms. The fourth-order valence-electron chi connectivity index (χ4n) is 3.43. The molecule has 2 atom stereocenters. The summed E-state index contributed by atoms with van der Waals surface area (Å²) in [6.45, 7) is 8.18. The summed E-state index contributed by atoms with van der Waals surface area (Å²) in [5.41, 5.74) is 1.63. The molecule has 1 saturated heterocycles. The first-order valence-electron chi connectivity index (χ1n) is 8.07. The Hall–Kier alpha value is -0.870. The Kier molecular flexibility index (Phi) is 3.87. The zero-order chi connectivity index (χ0) is 14.2. The first kappa shape index (κ1) is 14.1. The van der Waals surface area contributed by atoms with Crippen molar-refractivity contribution in [3.05, 3.63) is 18.0 Å². The number of nitrogens with one attached hydrogen (secondary N) is 1. The Balaban J connectivity index is 1.65. The number of nitrogens with zero attached hydrogens (tertiary/aromatic N) is 3. The van der Waals surface area contributed by atoms with Crippen molar-refractivity contribution in [1.29, 1.82) is 0 Å². The van der Waals surface area contributed by atoms with Gasteiger partial charge >= 0.3 is 0 Å². The molecular formula is C16H28N4. The lowest BCUT2D eigenvalue weighted by Crippen LogP contribution is -2.63. The predicted octanol–water partition coefficient (Wildman–Crippen LogP) is 1.82. The standard InChI is InChI=1S/C16H28N4/c1-4-16(2)12-20(15(11-17-16)13-5-6-13)10-8-14-7-9-18-19(14)3/h7,9,13,15,17H,4-6,8,10-12H2,1-3H3. The molecular weight excluding hydrogens is 248 g/mol. The molecule has 1 aromatic rings. The van der Waals surface area contributed by atoms with Gasteiger partial charge < -0.3 is 5.32 Å². The van der Waals surface area contributed by atoms with Gasteiger partial charge in [-0.3, -0.25) is 9.58 Å². The topological polar surface area (TPSA) is 33.1 Å². The van der Waals surface area contributed by atoms with Crippen molar-refractivity contribution in [1.82, 2.24) is 20.0 Å². The van der Waals surface area contributed by atoms with Gasteiger partial charge in [-0.1, -0.05) is 6.92 Å². The van der Waals surface area contributed by atoms with Crippen LogP contribution in [0.2, 0.25) is 0 Å². The van der Waals surface area contributed by atoms with Crippen molar-refractivity contribution < 1.29 is 0 Å². The van der Waals surface area contributed by atoms with Crippen LogP contribution < -0.4 is 5.32 Å². The fourth-order valence-corrected chi connectivity index (χ4v) is 3.43. The Morgan fingerprint density at radius 2 is 2.25 bits per heavy atom. The summed E-state index contributed by atoms with van der Waals surface area (Å²) >= 11 is 0. The first-order valence-corrected chi connectivity index (χ1v) is 8.07. The summed E-state index contributed by atoms with van der Waals surface area (Å²) in [6, 6.07) is 2.90. The van der Waals surface area contributed by atoms with Crippen LogP contribution >= 0.6 is 0 Å². The van der Waals surface area contributed by atoms with E-state index in [-0.39, 0.29) is 5.54 Å². The van der Waals surface area contributed by atoms with Gasteiger partial charge in [0.2, 0.25) is 0 Å². The van der Waals surface area contributed by atoms with Crippen LogP contribution in [0.4, 0.5) is 0 Å². The van der Waals surface area contributed by atoms with Gasteiger partial charge in [0.05, 0.1) is 0 Å². The smallest absolute Gasteiger partial charge is 0.0492 e. The van der Waals surface area contributed by atoms with E-state index in [0.717, 1.165) is 24.9 Å². The van der Waals surface area contributed by atoms with E-state index in [1.165, 1.54) is 38.0 Å². The van der Waals surface area contributed by atoms with E-state index in [1.54, 1.807) is 0 Å². The fraction of sp³-hybridized carbons (Fsp3) is 0.812. The van der Waals surface area contributed by atoms with Crippen LogP contribution in [0, 0.1) is 5.92 Å². The van der Waals surface area contributed by atoms with Gasteiger partial charge in [-0.15, -0.1) is 0 Å². The van der Waals surface area contributed by atoms with Crippen molar-refractivity contribution in [2.75, 3.05) is 19.6 Å². The van der Waals surface area contributed by atoms with Crippen molar-refractivity contribution >= 4 is 0 Å². The van der Waals surface area contributed by atoms with Crippen molar-refractivity contribution in [2.45, 2.75) is 51.1 Å². The van der Waals surface area contributed by atoms with Gasteiger partial charge in [0.25, 0.3) is 0 Å². The quantitative estimate of drug-likeness (QED) is 0.890. The van der Waals surface area contributed by atoms with Gasteiger partial charge in [0.15, 0.2) is 0 Å². The summed E-state index contributed by atoms with van der Waals surface area (Å²) in [7, 11) is 2.04. The Bertz CT molecular complexity index is 451. The van der Waals surface area contributed by atoms with E-state index in [9.17, 15) is 0 Å². The van der Waals surface area contributed by atoms with Gasteiger partial charge in [0, 0.05) is 56.6 Å². The van der Waals surface area contributed by atoms with Gasteiger partial charge in [-0.2, -0.15) is 5.10 Å². The van der Waals surface area contributed by atoms with E-state index in [0.29, 0.717) is 0 Å². The molecule has 0 radical (unpaired) electrons. The third-order valence-electron chi connectivity index (χ3n) is 5.28. The second kappa shape index (κ2) is 5.49. The molecule has 1 aromatic heterocycles. The molecule has 112 valence electrons. The van der Waals surface area contributed by atoms with Crippen LogP contribution in [-0.2, 0) is 13.5 Å². The number of hydrogen-bond donors (Lipinski definition) is 1. The van der Waals surface area contributed by atoms with Crippen molar-refractivity contribution in [3.8, 4) is 0 Å². The summed E-state index contributed by atoms with van der Waals surface area (Å²) in [5, 5.41) is 8.07. The van der Waals surface area contributed by atoms with Crippen LogP contribution in [0.3, 0.4) is 0 Å². The van der Waals surface area contributed by atoms with Crippen molar-refractivity contribution in [2.24, 2.45) is 13.0 Å². The molecule has 2 aliphatic rings. The first-order chi connectivity index (χ1) is 9.61. The Morgan fingerprint density at radius 3 is 2.85 bits per heavy atom. The molecule has 20 heavy (non-hydrogen) atoms. The molecule has 2 unspecified atom stereocenters. The number of piperazine rings is 1. The third kappa shape index (κ3) is 2.91. The maximum absolute atomic E-state index is 4.28. The van der Waals surface area contributed by atoms with Crippen LogP contribution in [0.15, 0.2) is 12.3 Å². The summed E-state index contributed by atoms with van der Waals surface area (Å²) < 4.78 is 2.01. The lowest BCUT2D eigenvalue weighted by molar-refractivity contribution is 0.0734. The summed E-state index contributed by atoms with van der Waals surface area (Å²) in [6.07, 6.45) is 7.07. The predicted molar refractivity (Wildman–Crippen MR) is 81.7 cm³/mol. The van der Waals surface area contributed by atoms with Crippen LogP contribution in [0.1, 0.15) is 38.8 Å². The molecule has 2 heterocycles. The molecule has 4 nitrogen and oxygen atoms in total. The average molecular weight is 276 g/mol. The number of aryl methyl sites for hydroxylation is 1. The van der Waals surface area contributed by atoms with Crippen molar-refractivity contribution in [3.63, 3.8) is 0 Å². The summed E-state index contributed by atoms with van der Waals surface area (Å²) in [4.78, 5) is 2.74. The van der Waals surface area contributed by atoms with Crippen LogP contribution in [-0.4, -0.2) is 45.9 Å². The van der Waals surface area contributed by atoms with E-state index >= 15 is 0 Å². The summed E-state index contributed by atoms with van der Waals surface area (Å²) in [5.74, 6) is 0.940. The van der Waals surface area contributed by atoms with Gasteiger partial charge in [0.1, 0.15) is 0 Å². The van der Waals surface area contributed by atoms with Gasteiger partial charge in [-0.05, 0) is 38.2 Å². The monoisotopic (exact) mass is 276 g/mol. The minimum absolute atomic E-state index is 0.290. The molecule has 0 amide bonds. The molecule has 0 spiro atoms. The second-order valence-corrected chi connectivity index (χ2v) is 6.87. The Morgan fingerprint density at radius 1 is 1.45 bits per heavy atom. The van der Waals surface area contributed by atoms with Crippen LogP contribution in [0.5, 0.6) is 0 Å². The normalized spacial score (nSPS) is 31.6. The molecule has 1 aliphatic heterocycles. The zero-order valence-electron chi connectivity index (χ0n) is 13.1. The molecule has 0 aromatic carbocycles. The maximum atomic E-state index is 4.28. The minimum atomic E-state index is 0.290. The minimum Gasteiger partial charge on any atom is -0.309 e. The lowest BCUT2D eigenvalue weighted by atomic mass is 9.92. The lowest BCUT2D eigenvalue weighted by Gasteiger charge is -2.46. The maximum Gasteiger partial charge on any atom is 0.0492 e. The second-order valence-electron chi connectivity index (χ2n) is 6.87. The van der Waals surface area contributed by atoms with E-state index in [2.05, 4.69) is 35.2 Å². The molecule has 3 rings (SSSR count). The molecule has 2 fully saturated rings. The molecule has 1 N–H and O–H groups in total.